The van der Waals surface area contributed by atoms with E-state index in [-0.39, 0.29) is 12.3 Å². The molecule has 0 aliphatic heterocycles. The molecule has 5 nitrogen and oxygen atoms in total. The van der Waals surface area contributed by atoms with E-state index in [2.05, 4.69) is 5.32 Å². The molecule has 0 heterocycles. The van der Waals surface area contributed by atoms with Crippen molar-refractivity contribution < 1.29 is 19.4 Å². The van der Waals surface area contributed by atoms with E-state index < -0.39 is 11.5 Å². The number of hydrogen-bond donors (Lipinski definition) is 2. The first kappa shape index (κ1) is 15.0. The third kappa shape index (κ3) is 5.04. The number of amides is 1. The van der Waals surface area contributed by atoms with Crippen molar-refractivity contribution in [1.82, 2.24) is 5.32 Å². The van der Waals surface area contributed by atoms with Crippen molar-refractivity contribution in [1.29, 1.82) is 0 Å². The Morgan fingerprint density at radius 3 is 2.56 bits per heavy atom. The van der Waals surface area contributed by atoms with Crippen molar-refractivity contribution in [2.75, 3.05) is 13.2 Å². The van der Waals surface area contributed by atoms with Gasteiger partial charge in [-0.1, -0.05) is 12.8 Å². The molecule has 1 saturated carbocycles. The summed E-state index contributed by atoms with van der Waals surface area (Å²) >= 11 is 0. The molecule has 5 heteroatoms. The van der Waals surface area contributed by atoms with E-state index in [0.717, 1.165) is 25.7 Å². The molecule has 0 aromatic carbocycles. The van der Waals surface area contributed by atoms with Crippen LogP contribution in [-0.2, 0) is 14.3 Å². The zero-order valence-corrected chi connectivity index (χ0v) is 11.0. The van der Waals surface area contributed by atoms with Crippen LogP contribution in [0.2, 0.25) is 0 Å². The van der Waals surface area contributed by atoms with Crippen LogP contribution >= 0.6 is 0 Å². The van der Waals surface area contributed by atoms with Gasteiger partial charge in [0.15, 0.2) is 0 Å². The molecule has 1 amide bonds. The number of nitrogens with one attached hydrogen (secondary N) is 1. The third-order valence-corrected chi connectivity index (χ3v) is 3.35. The number of hydrogen-bond acceptors (Lipinski definition) is 3. The first-order chi connectivity index (χ1) is 8.58. The van der Waals surface area contributed by atoms with Gasteiger partial charge in [-0.15, -0.1) is 0 Å². The lowest BCUT2D eigenvalue weighted by Crippen LogP contribution is -2.47. The Labute approximate surface area is 108 Å². The third-order valence-electron chi connectivity index (χ3n) is 3.35. The van der Waals surface area contributed by atoms with Crippen LogP contribution < -0.4 is 5.32 Å². The summed E-state index contributed by atoms with van der Waals surface area (Å²) in [4.78, 5) is 22.7. The Balaban J connectivity index is 2.36. The van der Waals surface area contributed by atoms with Crippen molar-refractivity contribution in [3.05, 3.63) is 0 Å². The zero-order valence-electron chi connectivity index (χ0n) is 11.0. The Morgan fingerprint density at radius 2 is 2.00 bits per heavy atom. The van der Waals surface area contributed by atoms with Gasteiger partial charge in [0.25, 0.3) is 0 Å². The lowest BCUT2D eigenvalue weighted by molar-refractivity contribution is -0.139. The van der Waals surface area contributed by atoms with Crippen LogP contribution in [0.5, 0.6) is 0 Å². The van der Waals surface area contributed by atoms with Crippen molar-refractivity contribution in [3.63, 3.8) is 0 Å². The van der Waals surface area contributed by atoms with Gasteiger partial charge in [-0.05, 0) is 26.2 Å². The molecule has 2 N–H and O–H groups in total. The highest BCUT2D eigenvalue weighted by Crippen LogP contribution is 2.32. The average molecular weight is 257 g/mol. The molecule has 0 aromatic heterocycles. The van der Waals surface area contributed by atoms with Crippen LogP contribution in [0.15, 0.2) is 0 Å². The Bertz CT molecular complexity index is 285. The smallest absolute Gasteiger partial charge is 0.305 e. The van der Waals surface area contributed by atoms with E-state index in [1.165, 1.54) is 0 Å². The predicted octanol–water partition coefficient (Wildman–Crippen LogP) is 1.71. The Morgan fingerprint density at radius 1 is 1.33 bits per heavy atom. The second-order valence-electron chi connectivity index (χ2n) is 4.91. The van der Waals surface area contributed by atoms with Crippen LogP contribution in [0.3, 0.4) is 0 Å². The van der Waals surface area contributed by atoms with Gasteiger partial charge in [0.1, 0.15) is 0 Å². The summed E-state index contributed by atoms with van der Waals surface area (Å²) in [7, 11) is 0. The minimum Gasteiger partial charge on any atom is -0.481 e. The summed E-state index contributed by atoms with van der Waals surface area (Å²) in [6, 6.07) is 0. The quantitative estimate of drug-likeness (QED) is 0.649. The van der Waals surface area contributed by atoms with E-state index in [1.54, 1.807) is 0 Å². The summed E-state index contributed by atoms with van der Waals surface area (Å²) in [6.07, 6.45) is 4.65. The van der Waals surface area contributed by atoms with Crippen LogP contribution in [0.25, 0.3) is 0 Å². The second-order valence-corrected chi connectivity index (χ2v) is 4.91. The fraction of sp³-hybridized carbons (Fsp3) is 0.846. The van der Waals surface area contributed by atoms with Crippen molar-refractivity contribution >= 4 is 11.9 Å². The fourth-order valence-corrected chi connectivity index (χ4v) is 2.52. The highest BCUT2D eigenvalue weighted by molar-refractivity contribution is 5.78. The zero-order chi connectivity index (χ0) is 13.4. The van der Waals surface area contributed by atoms with E-state index in [4.69, 9.17) is 9.84 Å². The number of carbonyl (C=O) groups excluding carboxylic acids is 1. The standard InChI is InChI=1S/C13H23NO4/c1-2-18-9-5-6-11(15)14-13(10-12(16)17)7-3-4-8-13/h2-10H2,1H3,(H,14,15)(H,16,17). The monoisotopic (exact) mass is 257 g/mol. The van der Waals surface area contributed by atoms with Gasteiger partial charge in [0.05, 0.1) is 12.0 Å². The summed E-state index contributed by atoms with van der Waals surface area (Å²) in [5.74, 6) is -0.899. The van der Waals surface area contributed by atoms with Gasteiger partial charge in [-0.2, -0.15) is 0 Å². The molecule has 0 radical (unpaired) electrons. The molecular formula is C13H23NO4. The molecule has 0 saturated heterocycles. The minimum absolute atomic E-state index is 0.0319. The lowest BCUT2D eigenvalue weighted by Gasteiger charge is -2.28. The first-order valence-electron chi connectivity index (χ1n) is 6.68. The molecule has 0 aromatic rings. The van der Waals surface area contributed by atoms with E-state index >= 15 is 0 Å². The summed E-state index contributed by atoms with van der Waals surface area (Å²) in [6.45, 7) is 3.15. The predicted molar refractivity (Wildman–Crippen MR) is 67.3 cm³/mol. The largest absolute Gasteiger partial charge is 0.481 e. The number of aliphatic carboxylic acids is 1. The number of carboxylic acids is 1. The molecule has 0 atom stereocenters. The number of carboxylic acid groups (broad SMARTS) is 1. The van der Waals surface area contributed by atoms with Crippen LogP contribution in [0.4, 0.5) is 0 Å². The van der Waals surface area contributed by atoms with Crippen LogP contribution in [0, 0.1) is 0 Å². The number of carbonyl (C=O) groups is 2. The SMILES string of the molecule is CCOCCCC(=O)NC1(CC(=O)O)CCCC1. The summed E-state index contributed by atoms with van der Waals surface area (Å²) in [5, 5.41) is 11.9. The second kappa shape index (κ2) is 7.36. The van der Waals surface area contributed by atoms with Crippen molar-refractivity contribution in [3.8, 4) is 0 Å². The highest BCUT2D eigenvalue weighted by atomic mass is 16.5. The molecule has 1 aliphatic rings. The first-order valence-corrected chi connectivity index (χ1v) is 6.68. The van der Waals surface area contributed by atoms with Crippen molar-refractivity contribution in [2.24, 2.45) is 0 Å². The number of rotatable bonds is 8. The molecule has 18 heavy (non-hydrogen) atoms. The van der Waals surface area contributed by atoms with E-state index in [9.17, 15) is 9.59 Å². The van der Waals surface area contributed by atoms with Gasteiger partial charge in [0, 0.05) is 19.6 Å². The fourth-order valence-electron chi connectivity index (χ4n) is 2.52. The maximum absolute atomic E-state index is 11.8. The van der Waals surface area contributed by atoms with Gasteiger partial charge in [-0.25, -0.2) is 0 Å². The van der Waals surface area contributed by atoms with E-state index in [1.807, 2.05) is 6.92 Å². The van der Waals surface area contributed by atoms with Crippen LogP contribution in [-0.4, -0.2) is 35.7 Å². The molecule has 1 fully saturated rings. The maximum Gasteiger partial charge on any atom is 0.305 e. The molecule has 1 rings (SSSR count). The maximum atomic E-state index is 11.8. The topological polar surface area (TPSA) is 75.6 Å². The van der Waals surface area contributed by atoms with Gasteiger partial charge >= 0.3 is 5.97 Å². The average Bonchev–Trinajstić information content (AvgIpc) is 2.71. The molecule has 0 bridgehead atoms. The summed E-state index contributed by atoms with van der Waals surface area (Å²) in [5.41, 5.74) is -0.505. The minimum atomic E-state index is -0.841. The van der Waals surface area contributed by atoms with Gasteiger partial charge in [0.2, 0.25) is 5.91 Å². The molecular weight excluding hydrogens is 234 g/mol. The van der Waals surface area contributed by atoms with Crippen molar-refractivity contribution in [2.45, 2.75) is 57.4 Å². The van der Waals surface area contributed by atoms with Gasteiger partial charge in [-0.3, -0.25) is 9.59 Å². The highest BCUT2D eigenvalue weighted by Gasteiger charge is 2.37. The van der Waals surface area contributed by atoms with E-state index in [0.29, 0.717) is 26.1 Å². The lowest BCUT2D eigenvalue weighted by atomic mass is 9.93. The normalized spacial score (nSPS) is 17.6. The molecule has 0 spiro atoms. The Hall–Kier alpha value is -1.10. The Kier molecular flexibility index (Phi) is 6.12. The summed E-state index contributed by atoms with van der Waals surface area (Å²) < 4.78 is 5.17. The number of ether oxygens (including phenoxy) is 1. The molecule has 0 unspecified atom stereocenters. The molecule has 104 valence electrons. The van der Waals surface area contributed by atoms with Gasteiger partial charge < -0.3 is 15.2 Å². The van der Waals surface area contributed by atoms with Crippen LogP contribution in [0.1, 0.15) is 51.9 Å². The molecule has 1 aliphatic carbocycles.